The third-order valence-electron chi connectivity index (χ3n) is 5.77. The molecule has 0 bridgehead atoms. The summed E-state index contributed by atoms with van der Waals surface area (Å²) in [7, 11) is 0. The first-order chi connectivity index (χ1) is 14.6. The van der Waals surface area contributed by atoms with Gasteiger partial charge in [0.1, 0.15) is 5.84 Å². The van der Waals surface area contributed by atoms with Crippen LogP contribution in [-0.4, -0.2) is 35.9 Å². The molecule has 2 heterocycles. The van der Waals surface area contributed by atoms with Crippen molar-refractivity contribution in [1.29, 1.82) is 5.26 Å². The Hall–Kier alpha value is -2.65. The van der Waals surface area contributed by atoms with E-state index in [-0.39, 0.29) is 5.91 Å². The third kappa shape index (κ3) is 4.91. The number of fused-ring (bicyclic) bond motifs is 1. The molecule has 6 nitrogen and oxygen atoms in total. The Kier molecular flexibility index (Phi) is 7.64. The van der Waals surface area contributed by atoms with Gasteiger partial charge in [-0.05, 0) is 56.7 Å². The summed E-state index contributed by atoms with van der Waals surface area (Å²) >= 11 is 0. The second-order valence-corrected chi connectivity index (χ2v) is 7.98. The lowest BCUT2D eigenvalue weighted by atomic mass is 9.95. The zero-order valence-electron chi connectivity index (χ0n) is 18.1. The summed E-state index contributed by atoms with van der Waals surface area (Å²) in [4.78, 5) is 19.4. The predicted octanol–water partition coefficient (Wildman–Crippen LogP) is 4.52. The molecule has 2 aliphatic heterocycles. The molecule has 0 radical (unpaired) electrons. The molecule has 1 fully saturated rings. The minimum Gasteiger partial charge on any atom is -0.378 e. The van der Waals surface area contributed by atoms with E-state index in [1.165, 1.54) is 0 Å². The van der Waals surface area contributed by atoms with E-state index in [1.807, 2.05) is 12.1 Å². The summed E-state index contributed by atoms with van der Waals surface area (Å²) in [5.41, 5.74) is 9.16. The third-order valence-corrected chi connectivity index (χ3v) is 5.77. The number of primary amides is 1. The molecule has 2 unspecified atom stereocenters. The minimum atomic E-state index is -0.429. The van der Waals surface area contributed by atoms with Gasteiger partial charge < -0.3 is 15.4 Å². The van der Waals surface area contributed by atoms with Crippen LogP contribution in [0.25, 0.3) is 5.70 Å². The van der Waals surface area contributed by atoms with Crippen molar-refractivity contribution >= 4 is 23.1 Å². The van der Waals surface area contributed by atoms with Crippen LogP contribution in [0.15, 0.2) is 29.3 Å². The topological polar surface area (TPSA) is 91.7 Å². The number of amidine groups is 1. The molecule has 0 aliphatic carbocycles. The van der Waals surface area contributed by atoms with Crippen LogP contribution in [-0.2, 0) is 9.53 Å². The molecule has 2 aliphatic rings. The van der Waals surface area contributed by atoms with Crippen LogP contribution in [0.1, 0.15) is 69.9 Å². The fourth-order valence-corrected chi connectivity index (χ4v) is 4.31. The SMILES string of the molecule is CCC=C1c2cc(C#N)ccc2N=C(C(CCC)C(N)=O)N1CCCC1CCCO1. The summed E-state index contributed by atoms with van der Waals surface area (Å²) in [6.45, 7) is 5.74. The molecule has 0 aromatic heterocycles. The van der Waals surface area contributed by atoms with Crippen LogP contribution < -0.4 is 5.73 Å². The Morgan fingerprint density at radius 3 is 2.93 bits per heavy atom. The lowest BCUT2D eigenvalue weighted by Crippen LogP contribution is -2.43. The highest BCUT2D eigenvalue weighted by Crippen LogP contribution is 2.37. The first-order valence-electron chi connectivity index (χ1n) is 11.1. The van der Waals surface area contributed by atoms with Crippen molar-refractivity contribution in [2.24, 2.45) is 16.6 Å². The van der Waals surface area contributed by atoms with E-state index in [1.54, 1.807) is 6.07 Å². The molecule has 1 saturated heterocycles. The number of allylic oxidation sites excluding steroid dienone is 1. The maximum atomic E-state index is 12.3. The molecule has 160 valence electrons. The maximum Gasteiger partial charge on any atom is 0.228 e. The normalized spacial score (nSPS) is 20.6. The highest BCUT2D eigenvalue weighted by molar-refractivity contribution is 6.08. The van der Waals surface area contributed by atoms with E-state index in [4.69, 9.17) is 15.5 Å². The minimum absolute atomic E-state index is 0.328. The monoisotopic (exact) mass is 408 g/mol. The van der Waals surface area contributed by atoms with Gasteiger partial charge in [-0.2, -0.15) is 5.26 Å². The second kappa shape index (κ2) is 10.4. The lowest BCUT2D eigenvalue weighted by Gasteiger charge is -2.36. The summed E-state index contributed by atoms with van der Waals surface area (Å²) < 4.78 is 5.78. The Bertz CT molecular complexity index is 862. The van der Waals surface area contributed by atoms with Crippen molar-refractivity contribution in [3.63, 3.8) is 0 Å². The number of ether oxygens (including phenoxy) is 1. The number of nitriles is 1. The highest BCUT2D eigenvalue weighted by Gasteiger charge is 2.32. The second-order valence-electron chi connectivity index (χ2n) is 7.98. The molecule has 1 aromatic rings. The molecular weight excluding hydrogens is 376 g/mol. The average molecular weight is 409 g/mol. The van der Waals surface area contributed by atoms with E-state index in [0.29, 0.717) is 18.1 Å². The van der Waals surface area contributed by atoms with Gasteiger partial charge in [0.2, 0.25) is 5.91 Å². The predicted molar refractivity (Wildman–Crippen MR) is 119 cm³/mol. The number of hydrogen-bond donors (Lipinski definition) is 1. The van der Waals surface area contributed by atoms with Crippen LogP contribution in [0.3, 0.4) is 0 Å². The number of benzene rings is 1. The summed E-state index contributed by atoms with van der Waals surface area (Å²) in [6.07, 6.45) is 9.03. The molecule has 0 spiro atoms. The van der Waals surface area contributed by atoms with E-state index in [2.05, 4.69) is 30.9 Å². The number of hydrogen-bond acceptors (Lipinski definition) is 5. The van der Waals surface area contributed by atoms with Gasteiger partial charge in [0.25, 0.3) is 0 Å². The first kappa shape index (κ1) is 22.0. The van der Waals surface area contributed by atoms with Crippen LogP contribution >= 0.6 is 0 Å². The van der Waals surface area contributed by atoms with E-state index in [0.717, 1.165) is 74.5 Å². The smallest absolute Gasteiger partial charge is 0.228 e. The van der Waals surface area contributed by atoms with Crippen LogP contribution in [0.5, 0.6) is 0 Å². The van der Waals surface area contributed by atoms with Crippen molar-refractivity contribution in [2.45, 2.75) is 64.9 Å². The van der Waals surface area contributed by atoms with Gasteiger partial charge in [0.05, 0.1) is 29.3 Å². The Labute approximate surface area is 179 Å². The standard InChI is InChI=1S/C24H32N4O2/c1-3-7-19(23(26)29)24-27-21-12-11-17(16-25)15-20(21)22(8-4-2)28(24)13-5-9-18-10-6-14-30-18/h8,11-12,15,18-19H,3-7,9-10,13-14H2,1-2H3,(H2,26,29). The maximum absolute atomic E-state index is 12.3. The number of nitrogens with two attached hydrogens (primary N) is 1. The summed E-state index contributed by atoms with van der Waals surface area (Å²) in [5, 5.41) is 9.37. The van der Waals surface area contributed by atoms with Gasteiger partial charge >= 0.3 is 0 Å². The summed E-state index contributed by atoms with van der Waals surface area (Å²) in [5.74, 6) is -0.0388. The van der Waals surface area contributed by atoms with Crippen molar-refractivity contribution in [2.75, 3.05) is 13.2 Å². The zero-order chi connectivity index (χ0) is 21.5. The highest BCUT2D eigenvalue weighted by atomic mass is 16.5. The molecule has 1 amide bonds. The number of carbonyl (C=O) groups is 1. The molecule has 2 atom stereocenters. The Morgan fingerprint density at radius 1 is 1.47 bits per heavy atom. The van der Waals surface area contributed by atoms with Gasteiger partial charge in [0, 0.05) is 24.4 Å². The van der Waals surface area contributed by atoms with E-state index >= 15 is 0 Å². The zero-order valence-corrected chi connectivity index (χ0v) is 18.1. The van der Waals surface area contributed by atoms with Gasteiger partial charge in [-0.1, -0.05) is 26.3 Å². The Morgan fingerprint density at radius 2 is 2.30 bits per heavy atom. The first-order valence-corrected chi connectivity index (χ1v) is 11.1. The van der Waals surface area contributed by atoms with Crippen molar-refractivity contribution in [3.05, 3.63) is 35.4 Å². The number of carbonyl (C=O) groups excluding carboxylic acids is 1. The van der Waals surface area contributed by atoms with Gasteiger partial charge in [-0.3, -0.25) is 4.79 Å². The molecule has 1 aromatic carbocycles. The van der Waals surface area contributed by atoms with Crippen molar-refractivity contribution in [1.82, 2.24) is 4.90 Å². The molecular formula is C24H32N4O2. The summed E-state index contributed by atoms with van der Waals surface area (Å²) in [6, 6.07) is 7.75. The quantitative estimate of drug-likeness (QED) is 0.650. The van der Waals surface area contributed by atoms with Crippen LogP contribution in [0.4, 0.5) is 5.69 Å². The van der Waals surface area contributed by atoms with Crippen molar-refractivity contribution < 1.29 is 9.53 Å². The Balaban J connectivity index is 1.99. The van der Waals surface area contributed by atoms with Crippen LogP contribution in [0.2, 0.25) is 0 Å². The lowest BCUT2D eigenvalue weighted by molar-refractivity contribution is -0.120. The van der Waals surface area contributed by atoms with Gasteiger partial charge in [0.15, 0.2) is 0 Å². The number of nitrogens with zero attached hydrogens (tertiary/aromatic N) is 3. The van der Waals surface area contributed by atoms with Crippen LogP contribution in [0, 0.1) is 17.2 Å². The fraction of sp³-hybridized carbons (Fsp3) is 0.542. The molecule has 30 heavy (non-hydrogen) atoms. The molecule has 6 heteroatoms. The van der Waals surface area contributed by atoms with E-state index in [9.17, 15) is 10.1 Å². The number of aliphatic imine (C=N–C) groups is 1. The number of rotatable bonds is 9. The number of amides is 1. The van der Waals surface area contributed by atoms with E-state index < -0.39 is 5.92 Å². The molecule has 0 saturated carbocycles. The largest absolute Gasteiger partial charge is 0.378 e. The van der Waals surface area contributed by atoms with Gasteiger partial charge in [-0.15, -0.1) is 0 Å². The van der Waals surface area contributed by atoms with Gasteiger partial charge in [-0.25, -0.2) is 4.99 Å². The molecule has 3 rings (SSSR count). The van der Waals surface area contributed by atoms with Crippen molar-refractivity contribution in [3.8, 4) is 6.07 Å². The molecule has 2 N–H and O–H groups in total. The fourth-order valence-electron chi connectivity index (χ4n) is 4.31. The average Bonchev–Trinajstić information content (AvgIpc) is 3.26.